The van der Waals surface area contributed by atoms with Gasteiger partial charge in [-0.25, -0.2) is 0 Å². The van der Waals surface area contributed by atoms with E-state index >= 15 is 0 Å². The lowest BCUT2D eigenvalue weighted by molar-refractivity contribution is -0.936. The van der Waals surface area contributed by atoms with E-state index in [1.165, 1.54) is 0 Å². The molecule has 0 amide bonds. The molecular formula is C12H21N2O+. The summed E-state index contributed by atoms with van der Waals surface area (Å²) in [5.74, 6) is 0. The van der Waals surface area contributed by atoms with Crippen molar-refractivity contribution in [3.8, 4) is 0 Å². The minimum absolute atomic E-state index is 0.0665. The second-order valence-corrected chi connectivity index (χ2v) is 4.65. The topological polar surface area (TPSA) is 32.3 Å². The first-order valence-corrected chi connectivity index (χ1v) is 5.15. The van der Waals surface area contributed by atoms with E-state index in [9.17, 15) is 5.11 Å². The maximum absolute atomic E-state index is 9.69. The summed E-state index contributed by atoms with van der Waals surface area (Å²) in [5.41, 5.74) is 0.656. The summed E-state index contributed by atoms with van der Waals surface area (Å²) in [6, 6.07) is 10.0. The molecular weight excluding hydrogens is 188 g/mol. The number of nitrogens with zero attached hydrogens (tertiary/aromatic N) is 1. The highest BCUT2D eigenvalue weighted by atomic mass is 16.3. The third kappa shape index (κ3) is 2.04. The first-order chi connectivity index (χ1) is 6.98. The fourth-order valence-electron chi connectivity index (χ4n) is 1.96. The zero-order valence-corrected chi connectivity index (χ0v) is 9.99. The second-order valence-electron chi connectivity index (χ2n) is 4.65. The molecule has 0 radical (unpaired) electrons. The van der Waals surface area contributed by atoms with Crippen LogP contribution in [0.2, 0.25) is 0 Å². The van der Waals surface area contributed by atoms with Crippen LogP contribution in [0.1, 0.15) is 5.56 Å². The molecule has 0 saturated heterocycles. The van der Waals surface area contributed by atoms with Crippen LogP contribution in [0.4, 0.5) is 0 Å². The first kappa shape index (κ1) is 12.2. The van der Waals surface area contributed by atoms with E-state index in [-0.39, 0.29) is 6.61 Å². The zero-order chi connectivity index (χ0) is 11.5. The number of benzene rings is 1. The van der Waals surface area contributed by atoms with E-state index in [1.807, 2.05) is 37.4 Å². The van der Waals surface area contributed by atoms with E-state index in [4.69, 9.17) is 0 Å². The number of hydrogen-bond acceptors (Lipinski definition) is 2. The lowest BCUT2D eigenvalue weighted by Crippen LogP contribution is -2.64. The molecule has 1 rings (SSSR count). The van der Waals surface area contributed by atoms with Gasteiger partial charge in [0.25, 0.3) is 0 Å². The summed E-state index contributed by atoms with van der Waals surface area (Å²) in [5, 5.41) is 12.9. The van der Waals surface area contributed by atoms with E-state index in [1.54, 1.807) is 0 Å². The summed E-state index contributed by atoms with van der Waals surface area (Å²) >= 11 is 0. The highest BCUT2D eigenvalue weighted by molar-refractivity contribution is 5.21. The Hall–Kier alpha value is -0.900. The minimum Gasteiger partial charge on any atom is -0.388 e. The largest absolute Gasteiger partial charge is 0.388 e. The molecule has 0 heterocycles. The Morgan fingerprint density at radius 1 is 1.20 bits per heavy atom. The highest BCUT2D eigenvalue weighted by Crippen LogP contribution is 2.27. The lowest BCUT2D eigenvalue weighted by atomic mass is 9.97. The van der Waals surface area contributed by atoms with E-state index in [2.05, 4.69) is 26.5 Å². The van der Waals surface area contributed by atoms with E-state index in [0.717, 1.165) is 5.56 Å². The van der Waals surface area contributed by atoms with E-state index in [0.29, 0.717) is 4.48 Å². The van der Waals surface area contributed by atoms with Crippen LogP contribution in [-0.4, -0.2) is 44.4 Å². The summed E-state index contributed by atoms with van der Waals surface area (Å²) in [7, 11) is 8.09. The normalized spacial score (nSPS) is 16.1. The van der Waals surface area contributed by atoms with Crippen molar-refractivity contribution in [1.82, 2.24) is 5.32 Å². The van der Waals surface area contributed by atoms with Crippen LogP contribution >= 0.6 is 0 Å². The van der Waals surface area contributed by atoms with Gasteiger partial charge in [-0.15, -0.1) is 0 Å². The summed E-state index contributed by atoms with van der Waals surface area (Å²) < 4.78 is 0.629. The van der Waals surface area contributed by atoms with Crippen LogP contribution in [0.25, 0.3) is 0 Å². The van der Waals surface area contributed by atoms with Crippen molar-refractivity contribution >= 4 is 0 Å². The van der Waals surface area contributed by atoms with Gasteiger partial charge in [-0.2, -0.15) is 0 Å². The Bertz CT molecular complexity index is 299. The summed E-state index contributed by atoms with van der Waals surface area (Å²) in [6.07, 6.45) is 0. The van der Waals surface area contributed by atoms with Crippen molar-refractivity contribution < 1.29 is 9.59 Å². The van der Waals surface area contributed by atoms with Gasteiger partial charge in [-0.3, -0.25) is 5.32 Å². The first-order valence-electron chi connectivity index (χ1n) is 5.15. The maximum atomic E-state index is 9.69. The molecule has 1 atom stereocenters. The molecule has 0 aliphatic heterocycles. The molecule has 15 heavy (non-hydrogen) atoms. The van der Waals surface area contributed by atoms with Gasteiger partial charge in [0.2, 0.25) is 5.66 Å². The molecule has 84 valence electrons. The number of quaternary nitrogens is 1. The SMILES string of the molecule is CNC(CO)(c1ccccc1)[N+](C)(C)C. The third-order valence-electron chi connectivity index (χ3n) is 3.04. The molecule has 0 aliphatic rings. The van der Waals surface area contributed by atoms with Crippen molar-refractivity contribution in [3.63, 3.8) is 0 Å². The number of nitrogens with one attached hydrogen (secondary N) is 1. The number of aliphatic hydroxyl groups is 1. The van der Waals surface area contributed by atoms with Crippen molar-refractivity contribution in [1.29, 1.82) is 0 Å². The van der Waals surface area contributed by atoms with E-state index < -0.39 is 5.66 Å². The number of aliphatic hydroxyl groups excluding tert-OH is 1. The van der Waals surface area contributed by atoms with Gasteiger partial charge in [-0.05, 0) is 7.05 Å². The average molecular weight is 209 g/mol. The Kier molecular flexibility index (Phi) is 3.50. The molecule has 3 nitrogen and oxygen atoms in total. The predicted octanol–water partition coefficient (Wildman–Crippen LogP) is 0.757. The fraction of sp³-hybridized carbons (Fsp3) is 0.500. The van der Waals surface area contributed by atoms with Crippen LogP contribution in [0.3, 0.4) is 0 Å². The van der Waals surface area contributed by atoms with Crippen LogP contribution in [0.5, 0.6) is 0 Å². The summed E-state index contributed by atoms with van der Waals surface area (Å²) in [6.45, 7) is 0.0665. The molecule has 0 fully saturated rings. The van der Waals surface area contributed by atoms with Gasteiger partial charge in [0.15, 0.2) is 0 Å². The third-order valence-corrected chi connectivity index (χ3v) is 3.04. The van der Waals surface area contributed by atoms with Gasteiger partial charge in [0, 0.05) is 5.56 Å². The Labute approximate surface area is 91.9 Å². The Morgan fingerprint density at radius 2 is 1.73 bits per heavy atom. The molecule has 1 aromatic carbocycles. The minimum atomic E-state index is -0.443. The maximum Gasteiger partial charge on any atom is 0.202 e. The smallest absolute Gasteiger partial charge is 0.202 e. The van der Waals surface area contributed by atoms with Gasteiger partial charge in [0.1, 0.15) is 6.61 Å². The molecule has 1 aromatic rings. The molecule has 0 aromatic heterocycles. The number of rotatable bonds is 4. The van der Waals surface area contributed by atoms with Crippen molar-refractivity contribution in [2.45, 2.75) is 5.66 Å². The zero-order valence-electron chi connectivity index (χ0n) is 9.99. The monoisotopic (exact) mass is 209 g/mol. The van der Waals surface area contributed by atoms with Crippen LogP contribution < -0.4 is 5.32 Å². The van der Waals surface area contributed by atoms with Crippen LogP contribution in [0.15, 0.2) is 30.3 Å². The number of likely N-dealkylation sites (N-methyl/N-ethyl adjacent to an activating group) is 2. The van der Waals surface area contributed by atoms with Gasteiger partial charge < -0.3 is 9.59 Å². The second kappa shape index (κ2) is 4.31. The summed E-state index contributed by atoms with van der Waals surface area (Å²) in [4.78, 5) is 0. The van der Waals surface area contributed by atoms with Crippen molar-refractivity contribution in [2.24, 2.45) is 0 Å². The predicted molar refractivity (Wildman–Crippen MR) is 62.3 cm³/mol. The quantitative estimate of drug-likeness (QED) is 0.567. The molecule has 2 N–H and O–H groups in total. The van der Waals surface area contributed by atoms with Crippen LogP contribution in [-0.2, 0) is 5.66 Å². The highest BCUT2D eigenvalue weighted by Gasteiger charge is 2.42. The average Bonchev–Trinajstić information content (AvgIpc) is 2.20. The molecule has 1 unspecified atom stereocenters. The van der Waals surface area contributed by atoms with Crippen molar-refractivity contribution in [3.05, 3.63) is 35.9 Å². The van der Waals surface area contributed by atoms with Gasteiger partial charge >= 0.3 is 0 Å². The lowest BCUT2D eigenvalue weighted by Gasteiger charge is -2.45. The molecule has 0 aliphatic carbocycles. The molecule has 3 heteroatoms. The fourth-order valence-corrected chi connectivity index (χ4v) is 1.96. The van der Waals surface area contributed by atoms with Crippen molar-refractivity contribution in [2.75, 3.05) is 34.8 Å². The molecule has 0 saturated carbocycles. The number of hydrogen-bond donors (Lipinski definition) is 2. The molecule has 0 bridgehead atoms. The van der Waals surface area contributed by atoms with Gasteiger partial charge in [0.05, 0.1) is 21.1 Å². The van der Waals surface area contributed by atoms with Gasteiger partial charge in [-0.1, -0.05) is 30.3 Å². The Balaban J connectivity index is 3.24. The standard InChI is InChI=1S/C12H21N2O/c1-13-12(10-15,14(2,3)4)11-8-6-5-7-9-11/h5-9,13,15H,10H2,1-4H3/q+1. The Morgan fingerprint density at radius 3 is 2.07 bits per heavy atom. The molecule has 0 spiro atoms. The van der Waals surface area contributed by atoms with Crippen LogP contribution in [0, 0.1) is 0 Å².